The SMILES string of the molecule is COc1ccc(CCCCCS(N)(=O)=O)cc1. The van der Waals surface area contributed by atoms with Gasteiger partial charge in [-0.1, -0.05) is 18.6 Å². The second kappa shape index (κ2) is 6.61. The first-order valence-electron chi connectivity index (χ1n) is 5.65. The van der Waals surface area contributed by atoms with E-state index in [4.69, 9.17) is 9.88 Å². The van der Waals surface area contributed by atoms with E-state index in [0.29, 0.717) is 6.42 Å². The Hall–Kier alpha value is -1.07. The third kappa shape index (κ3) is 6.28. The van der Waals surface area contributed by atoms with Crippen LogP contribution in [0.3, 0.4) is 0 Å². The van der Waals surface area contributed by atoms with Crippen LogP contribution in [-0.2, 0) is 16.4 Å². The fourth-order valence-electron chi connectivity index (χ4n) is 1.60. The number of methoxy groups -OCH3 is 1. The van der Waals surface area contributed by atoms with Crippen LogP contribution in [0.25, 0.3) is 0 Å². The Morgan fingerprint density at radius 2 is 1.76 bits per heavy atom. The van der Waals surface area contributed by atoms with Crippen molar-refractivity contribution in [2.45, 2.75) is 25.7 Å². The molecule has 1 rings (SSSR count). The lowest BCUT2D eigenvalue weighted by molar-refractivity contribution is 0.414. The molecule has 0 amide bonds. The van der Waals surface area contributed by atoms with E-state index in [9.17, 15) is 8.42 Å². The van der Waals surface area contributed by atoms with Gasteiger partial charge in [0.25, 0.3) is 0 Å². The predicted molar refractivity (Wildman–Crippen MR) is 68.5 cm³/mol. The van der Waals surface area contributed by atoms with Crippen molar-refractivity contribution in [2.24, 2.45) is 5.14 Å². The number of primary sulfonamides is 1. The molecule has 0 spiro atoms. The molecular weight excluding hydrogens is 238 g/mol. The van der Waals surface area contributed by atoms with Crippen molar-refractivity contribution < 1.29 is 13.2 Å². The van der Waals surface area contributed by atoms with Gasteiger partial charge in [-0.3, -0.25) is 0 Å². The first kappa shape index (κ1) is 14.0. The van der Waals surface area contributed by atoms with Gasteiger partial charge in [-0.25, -0.2) is 13.6 Å². The van der Waals surface area contributed by atoms with Gasteiger partial charge in [-0.15, -0.1) is 0 Å². The number of rotatable bonds is 7. The molecule has 0 aromatic heterocycles. The van der Waals surface area contributed by atoms with Gasteiger partial charge in [0.2, 0.25) is 10.0 Å². The molecule has 0 aliphatic heterocycles. The highest BCUT2D eigenvalue weighted by Gasteiger charge is 2.01. The molecule has 0 radical (unpaired) electrons. The predicted octanol–water partition coefficient (Wildman–Crippen LogP) is 1.70. The van der Waals surface area contributed by atoms with E-state index in [0.717, 1.165) is 25.0 Å². The summed E-state index contributed by atoms with van der Waals surface area (Å²) < 4.78 is 26.5. The summed E-state index contributed by atoms with van der Waals surface area (Å²) >= 11 is 0. The first-order chi connectivity index (χ1) is 8.01. The van der Waals surface area contributed by atoms with Gasteiger partial charge >= 0.3 is 0 Å². The molecule has 0 fully saturated rings. The Bertz CT molecular complexity index is 426. The van der Waals surface area contributed by atoms with Crippen LogP contribution < -0.4 is 9.88 Å². The lowest BCUT2D eigenvalue weighted by Crippen LogP contribution is -2.16. The maximum absolute atomic E-state index is 10.7. The van der Waals surface area contributed by atoms with Gasteiger partial charge in [0.1, 0.15) is 5.75 Å². The summed E-state index contributed by atoms with van der Waals surface area (Å²) in [6, 6.07) is 7.91. The molecule has 1 aromatic carbocycles. The van der Waals surface area contributed by atoms with Crippen molar-refractivity contribution in [3.05, 3.63) is 29.8 Å². The summed E-state index contributed by atoms with van der Waals surface area (Å²) in [6.07, 6.45) is 3.44. The minimum Gasteiger partial charge on any atom is -0.497 e. The van der Waals surface area contributed by atoms with Gasteiger partial charge in [0.05, 0.1) is 12.9 Å². The summed E-state index contributed by atoms with van der Waals surface area (Å²) in [5.41, 5.74) is 1.24. The molecule has 17 heavy (non-hydrogen) atoms. The molecule has 0 heterocycles. The lowest BCUT2D eigenvalue weighted by Gasteiger charge is -2.03. The van der Waals surface area contributed by atoms with Crippen molar-refractivity contribution in [3.8, 4) is 5.75 Å². The van der Waals surface area contributed by atoms with Gasteiger partial charge in [0.15, 0.2) is 0 Å². The smallest absolute Gasteiger partial charge is 0.209 e. The molecular formula is C12H19NO3S. The highest BCUT2D eigenvalue weighted by atomic mass is 32.2. The van der Waals surface area contributed by atoms with E-state index in [1.165, 1.54) is 5.56 Å². The molecule has 1 aromatic rings. The molecule has 5 heteroatoms. The highest BCUT2D eigenvalue weighted by Crippen LogP contribution is 2.13. The van der Waals surface area contributed by atoms with Crippen LogP contribution in [-0.4, -0.2) is 21.3 Å². The van der Waals surface area contributed by atoms with Crippen LogP contribution in [0.1, 0.15) is 24.8 Å². The number of hydrogen-bond acceptors (Lipinski definition) is 3. The van der Waals surface area contributed by atoms with Crippen LogP contribution in [0.5, 0.6) is 5.75 Å². The fraction of sp³-hybridized carbons (Fsp3) is 0.500. The Balaban J connectivity index is 2.22. The van der Waals surface area contributed by atoms with Crippen molar-refractivity contribution in [1.29, 1.82) is 0 Å². The fourth-order valence-corrected chi connectivity index (χ4v) is 2.21. The van der Waals surface area contributed by atoms with Gasteiger partial charge in [-0.05, 0) is 37.0 Å². The standard InChI is InChI=1S/C12H19NO3S/c1-16-12-8-6-11(7-9-12)5-3-2-4-10-17(13,14)15/h6-9H,2-5,10H2,1H3,(H2,13,14,15). The van der Waals surface area contributed by atoms with E-state index in [1.807, 2.05) is 24.3 Å². The first-order valence-corrected chi connectivity index (χ1v) is 7.36. The van der Waals surface area contributed by atoms with E-state index < -0.39 is 10.0 Å². The molecule has 0 aliphatic carbocycles. The van der Waals surface area contributed by atoms with Crippen LogP contribution in [0.2, 0.25) is 0 Å². The molecule has 0 atom stereocenters. The number of aryl methyl sites for hydroxylation is 1. The minimum atomic E-state index is -3.29. The van der Waals surface area contributed by atoms with Gasteiger partial charge in [0, 0.05) is 0 Å². The zero-order chi connectivity index (χ0) is 12.7. The highest BCUT2D eigenvalue weighted by molar-refractivity contribution is 7.89. The summed E-state index contributed by atoms with van der Waals surface area (Å²) in [5, 5.41) is 4.92. The maximum atomic E-state index is 10.7. The molecule has 96 valence electrons. The van der Waals surface area contributed by atoms with E-state index >= 15 is 0 Å². The van der Waals surface area contributed by atoms with Crippen LogP contribution >= 0.6 is 0 Å². The molecule has 0 saturated heterocycles. The Kier molecular flexibility index (Phi) is 5.44. The van der Waals surface area contributed by atoms with Gasteiger partial charge < -0.3 is 4.74 Å². The van der Waals surface area contributed by atoms with Gasteiger partial charge in [-0.2, -0.15) is 0 Å². The average molecular weight is 257 g/mol. The topological polar surface area (TPSA) is 69.4 Å². The van der Waals surface area contributed by atoms with E-state index in [2.05, 4.69) is 0 Å². The third-order valence-corrected chi connectivity index (χ3v) is 3.41. The lowest BCUT2D eigenvalue weighted by atomic mass is 10.1. The molecule has 0 aliphatic rings. The number of unbranched alkanes of at least 4 members (excludes halogenated alkanes) is 2. The zero-order valence-electron chi connectivity index (χ0n) is 10.1. The van der Waals surface area contributed by atoms with Crippen molar-refractivity contribution >= 4 is 10.0 Å². The Morgan fingerprint density at radius 3 is 2.29 bits per heavy atom. The second-order valence-corrected chi connectivity index (χ2v) is 5.76. The second-order valence-electron chi connectivity index (χ2n) is 4.03. The Labute approximate surface area is 103 Å². The molecule has 0 unspecified atom stereocenters. The summed E-state index contributed by atoms with van der Waals surface area (Å²) in [6.45, 7) is 0. The summed E-state index contributed by atoms with van der Waals surface area (Å²) in [7, 11) is -1.65. The quantitative estimate of drug-likeness (QED) is 0.756. The van der Waals surface area contributed by atoms with Crippen LogP contribution in [0.4, 0.5) is 0 Å². The van der Waals surface area contributed by atoms with Crippen molar-refractivity contribution in [2.75, 3.05) is 12.9 Å². The third-order valence-electron chi connectivity index (χ3n) is 2.55. The molecule has 4 nitrogen and oxygen atoms in total. The zero-order valence-corrected chi connectivity index (χ0v) is 10.9. The average Bonchev–Trinajstić information content (AvgIpc) is 2.28. The monoisotopic (exact) mass is 257 g/mol. The molecule has 0 saturated carbocycles. The minimum absolute atomic E-state index is 0.0790. The maximum Gasteiger partial charge on any atom is 0.209 e. The molecule has 0 bridgehead atoms. The largest absolute Gasteiger partial charge is 0.497 e. The number of sulfonamides is 1. The Morgan fingerprint density at radius 1 is 1.12 bits per heavy atom. The number of hydrogen-bond donors (Lipinski definition) is 1. The van der Waals surface area contributed by atoms with E-state index in [-0.39, 0.29) is 5.75 Å². The van der Waals surface area contributed by atoms with Crippen LogP contribution in [0.15, 0.2) is 24.3 Å². The van der Waals surface area contributed by atoms with E-state index in [1.54, 1.807) is 7.11 Å². The normalized spacial score (nSPS) is 11.4. The van der Waals surface area contributed by atoms with Crippen molar-refractivity contribution in [1.82, 2.24) is 0 Å². The molecule has 2 N–H and O–H groups in total. The summed E-state index contributed by atoms with van der Waals surface area (Å²) in [4.78, 5) is 0. The van der Waals surface area contributed by atoms with Crippen LogP contribution in [0, 0.1) is 0 Å². The number of benzene rings is 1. The number of ether oxygens (including phenoxy) is 1. The van der Waals surface area contributed by atoms with Crippen molar-refractivity contribution in [3.63, 3.8) is 0 Å². The number of nitrogens with two attached hydrogens (primary N) is 1. The summed E-state index contributed by atoms with van der Waals surface area (Å²) in [5.74, 6) is 0.929.